The van der Waals surface area contributed by atoms with Crippen LogP contribution in [0.15, 0.2) is 82.2 Å². The molecule has 36 heavy (non-hydrogen) atoms. The monoisotopic (exact) mass is 504 g/mol. The number of hydrogen-bond donors (Lipinski definition) is 0. The van der Waals surface area contributed by atoms with Gasteiger partial charge in [0, 0.05) is 12.5 Å². The molecule has 2 aromatic carbocycles. The summed E-state index contributed by atoms with van der Waals surface area (Å²) in [6.45, 7) is 6.65. The van der Waals surface area contributed by atoms with Crippen LogP contribution in [0, 0.1) is 0 Å². The van der Waals surface area contributed by atoms with Gasteiger partial charge in [0.1, 0.15) is 18.1 Å². The fourth-order valence-corrected chi connectivity index (χ4v) is 4.92. The van der Waals surface area contributed by atoms with Crippen molar-refractivity contribution < 1.29 is 23.8 Å². The number of fused-ring (bicyclic) bond motifs is 1. The van der Waals surface area contributed by atoms with Gasteiger partial charge < -0.3 is 14.2 Å². The zero-order valence-electron chi connectivity index (χ0n) is 20.0. The summed E-state index contributed by atoms with van der Waals surface area (Å²) in [4.78, 5) is 43.3. The maximum Gasteiger partial charge on any atom is 0.338 e. The molecule has 0 radical (unpaired) electrons. The summed E-state index contributed by atoms with van der Waals surface area (Å²) < 4.78 is 17.8. The highest BCUT2D eigenvalue weighted by molar-refractivity contribution is 7.07. The molecule has 0 spiro atoms. The van der Waals surface area contributed by atoms with E-state index in [9.17, 15) is 14.4 Å². The quantitative estimate of drug-likeness (QED) is 0.279. The summed E-state index contributed by atoms with van der Waals surface area (Å²) in [5, 5.41) is 0. The lowest BCUT2D eigenvalue weighted by Crippen LogP contribution is -2.39. The van der Waals surface area contributed by atoms with E-state index in [2.05, 4.69) is 11.6 Å². The van der Waals surface area contributed by atoms with Gasteiger partial charge in [-0.05, 0) is 36.8 Å². The Bertz CT molecular complexity index is 1550. The van der Waals surface area contributed by atoms with E-state index in [-0.39, 0.29) is 17.7 Å². The number of carbonyl (C=O) groups is 2. The van der Waals surface area contributed by atoms with Crippen LogP contribution in [0.1, 0.15) is 31.0 Å². The molecule has 2 heterocycles. The molecule has 0 saturated heterocycles. The van der Waals surface area contributed by atoms with Crippen LogP contribution in [-0.2, 0) is 14.3 Å². The average molecular weight is 505 g/mol. The Morgan fingerprint density at radius 3 is 2.56 bits per heavy atom. The fourth-order valence-electron chi connectivity index (χ4n) is 3.89. The lowest BCUT2D eigenvalue weighted by Gasteiger charge is -2.24. The lowest BCUT2D eigenvalue weighted by atomic mass is 9.96. The molecule has 1 aliphatic heterocycles. The van der Waals surface area contributed by atoms with Gasteiger partial charge in [-0.3, -0.25) is 14.2 Å². The molecule has 3 aromatic rings. The number of aromatic nitrogens is 1. The van der Waals surface area contributed by atoms with Crippen molar-refractivity contribution in [2.75, 3.05) is 13.7 Å². The molecule has 0 saturated carbocycles. The summed E-state index contributed by atoms with van der Waals surface area (Å²) in [7, 11) is 1.56. The third-order valence-corrected chi connectivity index (χ3v) is 6.45. The summed E-state index contributed by atoms with van der Waals surface area (Å²) in [6, 6.07) is 13.3. The van der Waals surface area contributed by atoms with E-state index >= 15 is 0 Å². The molecule has 0 N–H and O–H groups in total. The molecule has 0 aliphatic carbocycles. The number of thiazole rings is 1. The van der Waals surface area contributed by atoms with Crippen LogP contribution in [-0.4, -0.2) is 30.2 Å². The average Bonchev–Trinajstić information content (AvgIpc) is 3.17. The predicted molar refractivity (Wildman–Crippen MR) is 136 cm³/mol. The van der Waals surface area contributed by atoms with E-state index in [1.54, 1.807) is 68.6 Å². The van der Waals surface area contributed by atoms with Crippen LogP contribution in [0.2, 0.25) is 0 Å². The SMILES string of the molecule is C=CCOC(=O)C1=C(C)N=c2s/c(=C/c3ccccc3OC(C)=O)c(=O)n2[C@H]1c1ccc(OC)cc1. The maximum atomic E-state index is 13.7. The molecule has 1 aromatic heterocycles. The largest absolute Gasteiger partial charge is 0.497 e. The van der Waals surface area contributed by atoms with Crippen molar-refractivity contribution in [1.29, 1.82) is 0 Å². The number of benzene rings is 2. The zero-order valence-corrected chi connectivity index (χ0v) is 20.8. The van der Waals surface area contributed by atoms with Gasteiger partial charge in [-0.2, -0.15) is 0 Å². The molecule has 184 valence electrons. The van der Waals surface area contributed by atoms with Crippen LogP contribution < -0.4 is 24.4 Å². The van der Waals surface area contributed by atoms with Crippen LogP contribution in [0.5, 0.6) is 11.5 Å². The number of allylic oxidation sites excluding steroid dienone is 1. The molecule has 4 rings (SSSR count). The summed E-state index contributed by atoms with van der Waals surface area (Å²) in [6.07, 6.45) is 3.13. The number of hydrogen-bond acceptors (Lipinski definition) is 8. The second-order valence-electron chi connectivity index (χ2n) is 7.87. The van der Waals surface area contributed by atoms with Crippen LogP contribution in [0.3, 0.4) is 0 Å². The number of methoxy groups -OCH3 is 1. The lowest BCUT2D eigenvalue weighted by molar-refractivity contribution is -0.138. The van der Waals surface area contributed by atoms with Crippen molar-refractivity contribution in [3.8, 4) is 11.5 Å². The van der Waals surface area contributed by atoms with Gasteiger partial charge in [-0.15, -0.1) is 0 Å². The van der Waals surface area contributed by atoms with E-state index in [1.807, 2.05) is 0 Å². The first-order valence-corrected chi connectivity index (χ1v) is 11.9. The van der Waals surface area contributed by atoms with Crippen molar-refractivity contribution in [2.24, 2.45) is 4.99 Å². The van der Waals surface area contributed by atoms with Crippen molar-refractivity contribution in [2.45, 2.75) is 19.9 Å². The Hall–Kier alpha value is -4.24. The number of ether oxygens (including phenoxy) is 3. The van der Waals surface area contributed by atoms with Crippen molar-refractivity contribution >= 4 is 29.4 Å². The summed E-state index contributed by atoms with van der Waals surface area (Å²) >= 11 is 1.19. The first-order valence-electron chi connectivity index (χ1n) is 11.1. The number of nitrogens with zero attached hydrogens (tertiary/aromatic N) is 2. The van der Waals surface area contributed by atoms with Gasteiger partial charge >= 0.3 is 11.9 Å². The Kier molecular flexibility index (Phi) is 7.30. The van der Waals surface area contributed by atoms with Gasteiger partial charge in [0.05, 0.1) is 29.0 Å². The number of esters is 2. The minimum absolute atomic E-state index is 0.0301. The molecule has 1 atom stereocenters. The fraction of sp³-hybridized carbons (Fsp3) is 0.185. The number of para-hydroxylation sites is 1. The summed E-state index contributed by atoms with van der Waals surface area (Å²) in [5.41, 5.74) is 1.65. The second kappa shape index (κ2) is 10.6. The predicted octanol–water partition coefficient (Wildman–Crippen LogP) is 2.90. The van der Waals surface area contributed by atoms with E-state index in [1.165, 1.54) is 28.9 Å². The highest BCUT2D eigenvalue weighted by Gasteiger charge is 2.33. The number of carbonyl (C=O) groups excluding carboxylic acids is 2. The maximum absolute atomic E-state index is 13.7. The van der Waals surface area contributed by atoms with Crippen molar-refractivity contribution in [3.05, 3.63) is 103 Å². The smallest absolute Gasteiger partial charge is 0.338 e. The minimum atomic E-state index is -0.754. The highest BCUT2D eigenvalue weighted by Crippen LogP contribution is 2.31. The minimum Gasteiger partial charge on any atom is -0.497 e. The van der Waals surface area contributed by atoms with E-state index in [0.717, 1.165) is 0 Å². The van der Waals surface area contributed by atoms with Crippen molar-refractivity contribution in [1.82, 2.24) is 4.57 Å². The molecule has 0 amide bonds. The van der Waals surface area contributed by atoms with Crippen LogP contribution in [0.25, 0.3) is 6.08 Å². The first-order chi connectivity index (χ1) is 17.3. The second-order valence-corrected chi connectivity index (χ2v) is 8.88. The Labute approximate surface area is 211 Å². The standard InChI is InChI=1S/C27H24N2O6S/c1-5-14-34-26(32)23-16(2)28-27-29(24(23)18-10-12-20(33-4)13-11-18)25(31)22(36-27)15-19-8-6-7-9-21(19)35-17(3)30/h5-13,15,24H,1,14H2,2-4H3/b22-15+/t24-/m0/s1. The normalized spacial score (nSPS) is 15.1. The highest BCUT2D eigenvalue weighted by atomic mass is 32.1. The van der Waals surface area contributed by atoms with E-state index in [0.29, 0.717) is 37.7 Å². The molecular weight excluding hydrogens is 480 g/mol. The zero-order chi connectivity index (χ0) is 25.8. The molecule has 0 unspecified atom stereocenters. The van der Waals surface area contributed by atoms with Gasteiger partial charge in [0.25, 0.3) is 5.56 Å². The van der Waals surface area contributed by atoms with Crippen LogP contribution in [0.4, 0.5) is 0 Å². The Balaban J connectivity index is 1.92. The van der Waals surface area contributed by atoms with Gasteiger partial charge in [-0.25, -0.2) is 9.79 Å². The molecule has 1 aliphatic rings. The van der Waals surface area contributed by atoms with E-state index < -0.39 is 18.0 Å². The number of rotatable bonds is 7. The first kappa shape index (κ1) is 24.9. The molecule has 0 fully saturated rings. The molecule has 9 heteroatoms. The van der Waals surface area contributed by atoms with E-state index in [4.69, 9.17) is 14.2 Å². The van der Waals surface area contributed by atoms with Gasteiger partial charge in [0.15, 0.2) is 4.80 Å². The van der Waals surface area contributed by atoms with Gasteiger partial charge in [0.2, 0.25) is 0 Å². The molecule has 0 bridgehead atoms. The molecular formula is C27H24N2O6S. The van der Waals surface area contributed by atoms with Crippen molar-refractivity contribution in [3.63, 3.8) is 0 Å². The third kappa shape index (κ3) is 4.92. The topological polar surface area (TPSA) is 96.2 Å². The van der Waals surface area contributed by atoms with Gasteiger partial charge in [-0.1, -0.05) is 54.3 Å². The Morgan fingerprint density at radius 1 is 1.17 bits per heavy atom. The Morgan fingerprint density at radius 2 is 1.89 bits per heavy atom. The molecule has 8 nitrogen and oxygen atoms in total. The third-order valence-electron chi connectivity index (χ3n) is 5.46. The summed E-state index contributed by atoms with van der Waals surface area (Å²) in [5.74, 6) is -0.0568. The van der Waals surface area contributed by atoms with Crippen LogP contribution >= 0.6 is 11.3 Å².